The third kappa shape index (κ3) is 2.58. The zero-order chi connectivity index (χ0) is 9.97. The summed E-state index contributed by atoms with van der Waals surface area (Å²) in [4.78, 5) is 0. The van der Waals surface area contributed by atoms with Crippen LogP contribution in [0, 0.1) is 5.92 Å². The van der Waals surface area contributed by atoms with Crippen LogP contribution in [0.15, 0.2) is 28.7 Å². The van der Waals surface area contributed by atoms with Crippen molar-refractivity contribution < 1.29 is 0 Å². The molecule has 2 heteroatoms. The summed E-state index contributed by atoms with van der Waals surface area (Å²) in [5.74, 6) is 0.928. The summed E-state index contributed by atoms with van der Waals surface area (Å²) in [5.41, 5.74) is 1.35. The molecule has 0 saturated heterocycles. The van der Waals surface area contributed by atoms with Crippen molar-refractivity contribution in [1.29, 1.82) is 0 Å². The Morgan fingerprint density at radius 3 is 2.79 bits per heavy atom. The van der Waals surface area contributed by atoms with Crippen LogP contribution in [0.2, 0.25) is 0 Å². The van der Waals surface area contributed by atoms with Gasteiger partial charge in [0.25, 0.3) is 0 Å². The van der Waals surface area contributed by atoms with E-state index in [4.69, 9.17) is 0 Å². The zero-order valence-electron chi connectivity index (χ0n) is 8.46. The molecule has 1 nitrogen and oxygen atoms in total. The molecule has 14 heavy (non-hydrogen) atoms. The van der Waals surface area contributed by atoms with Gasteiger partial charge in [-0.3, -0.25) is 0 Å². The summed E-state index contributed by atoms with van der Waals surface area (Å²) in [6, 6.07) is 9.07. The molecule has 1 fully saturated rings. The van der Waals surface area contributed by atoms with Gasteiger partial charge in [0.15, 0.2) is 0 Å². The van der Waals surface area contributed by atoms with Crippen molar-refractivity contribution in [3.63, 3.8) is 0 Å². The second-order valence-electron chi connectivity index (χ2n) is 4.10. The fourth-order valence-electron chi connectivity index (χ4n) is 1.68. The van der Waals surface area contributed by atoms with Crippen molar-refractivity contribution in [3.8, 4) is 0 Å². The van der Waals surface area contributed by atoms with Crippen LogP contribution >= 0.6 is 15.9 Å². The number of hydrogen-bond donors (Lipinski definition) is 1. The molecule has 1 saturated carbocycles. The van der Waals surface area contributed by atoms with Gasteiger partial charge in [-0.25, -0.2) is 0 Å². The molecule has 0 heterocycles. The number of benzene rings is 1. The van der Waals surface area contributed by atoms with Gasteiger partial charge in [0, 0.05) is 17.1 Å². The molecule has 0 aliphatic heterocycles. The van der Waals surface area contributed by atoms with Crippen molar-refractivity contribution in [2.24, 2.45) is 5.92 Å². The number of halogens is 1. The first-order chi connectivity index (χ1) is 6.77. The third-order valence-corrected chi connectivity index (χ3v) is 3.68. The van der Waals surface area contributed by atoms with Crippen molar-refractivity contribution >= 4 is 15.9 Å². The van der Waals surface area contributed by atoms with Crippen LogP contribution in [0.25, 0.3) is 0 Å². The maximum atomic E-state index is 3.57. The van der Waals surface area contributed by atoms with E-state index in [2.05, 4.69) is 52.4 Å². The summed E-state index contributed by atoms with van der Waals surface area (Å²) < 4.78 is 1.20. The van der Waals surface area contributed by atoms with E-state index in [1.54, 1.807) is 0 Å². The molecule has 1 aromatic carbocycles. The average molecular weight is 254 g/mol. The highest BCUT2D eigenvalue weighted by molar-refractivity contribution is 9.10. The minimum absolute atomic E-state index is 0.669. The minimum atomic E-state index is 0.669. The predicted molar refractivity (Wildman–Crippen MR) is 63.2 cm³/mol. The highest BCUT2D eigenvalue weighted by atomic mass is 79.9. The molecule has 1 N–H and O–H groups in total. The van der Waals surface area contributed by atoms with Gasteiger partial charge in [0.1, 0.15) is 0 Å². The van der Waals surface area contributed by atoms with Crippen molar-refractivity contribution in [1.82, 2.24) is 5.32 Å². The van der Waals surface area contributed by atoms with E-state index < -0.39 is 0 Å². The first-order valence-electron chi connectivity index (χ1n) is 5.24. The Hall–Kier alpha value is -0.340. The van der Waals surface area contributed by atoms with Gasteiger partial charge in [-0.1, -0.05) is 34.1 Å². The summed E-state index contributed by atoms with van der Waals surface area (Å²) >= 11 is 3.56. The second-order valence-corrected chi connectivity index (χ2v) is 4.95. The van der Waals surface area contributed by atoms with E-state index in [1.165, 1.54) is 22.9 Å². The largest absolute Gasteiger partial charge is 0.310 e. The molecule has 1 aromatic rings. The lowest BCUT2D eigenvalue weighted by Gasteiger charge is -2.13. The Morgan fingerprint density at radius 1 is 1.43 bits per heavy atom. The molecule has 2 rings (SSSR count). The standard InChI is InChI=1S/C12H16BrN/c1-9(10-6-7-10)14-8-11-4-2-3-5-12(11)13/h2-5,9-10,14H,6-8H2,1H3. The highest BCUT2D eigenvalue weighted by Crippen LogP contribution is 2.32. The SMILES string of the molecule is CC(NCc1ccccc1Br)C1CC1. The van der Waals surface area contributed by atoms with E-state index in [1.807, 2.05) is 0 Å². The lowest BCUT2D eigenvalue weighted by atomic mass is 10.2. The topological polar surface area (TPSA) is 12.0 Å². The zero-order valence-corrected chi connectivity index (χ0v) is 10.0. The van der Waals surface area contributed by atoms with E-state index >= 15 is 0 Å². The Bertz CT molecular complexity index is 307. The first kappa shape index (κ1) is 10.2. The van der Waals surface area contributed by atoms with Crippen LogP contribution in [-0.2, 0) is 6.54 Å². The van der Waals surface area contributed by atoms with Crippen LogP contribution < -0.4 is 5.32 Å². The van der Waals surface area contributed by atoms with Crippen LogP contribution in [0.4, 0.5) is 0 Å². The molecular weight excluding hydrogens is 238 g/mol. The van der Waals surface area contributed by atoms with Crippen LogP contribution in [0.1, 0.15) is 25.3 Å². The van der Waals surface area contributed by atoms with Gasteiger partial charge in [0.2, 0.25) is 0 Å². The van der Waals surface area contributed by atoms with E-state index in [9.17, 15) is 0 Å². The van der Waals surface area contributed by atoms with Crippen LogP contribution in [0.5, 0.6) is 0 Å². The Morgan fingerprint density at radius 2 is 2.14 bits per heavy atom. The third-order valence-electron chi connectivity index (χ3n) is 2.90. The summed E-state index contributed by atoms with van der Waals surface area (Å²) in [7, 11) is 0. The Kier molecular flexibility index (Phi) is 3.24. The van der Waals surface area contributed by atoms with Gasteiger partial charge >= 0.3 is 0 Å². The molecule has 0 bridgehead atoms. The molecule has 76 valence electrons. The molecule has 1 unspecified atom stereocenters. The highest BCUT2D eigenvalue weighted by Gasteiger charge is 2.27. The first-order valence-corrected chi connectivity index (χ1v) is 6.03. The van der Waals surface area contributed by atoms with Gasteiger partial charge in [-0.2, -0.15) is 0 Å². The van der Waals surface area contributed by atoms with Crippen molar-refractivity contribution in [3.05, 3.63) is 34.3 Å². The summed E-state index contributed by atoms with van der Waals surface area (Å²) in [5, 5.41) is 3.57. The normalized spacial score (nSPS) is 18.1. The molecule has 0 radical (unpaired) electrons. The fraction of sp³-hybridized carbons (Fsp3) is 0.500. The lowest BCUT2D eigenvalue weighted by molar-refractivity contribution is 0.495. The van der Waals surface area contributed by atoms with Gasteiger partial charge in [0.05, 0.1) is 0 Å². The maximum Gasteiger partial charge on any atom is 0.0220 e. The van der Waals surface area contributed by atoms with E-state index in [0.29, 0.717) is 6.04 Å². The minimum Gasteiger partial charge on any atom is -0.310 e. The van der Waals surface area contributed by atoms with E-state index in [0.717, 1.165) is 12.5 Å². The number of nitrogens with one attached hydrogen (secondary N) is 1. The molecular formula is C12H16BrN. The number of hydrogen-bond acceptors (Lipinski definition) is 1. The summed E-state index contributed by atoms with van der Waals surface area (Å²) in [6.45, 7) is 3.26. The van der Waals surface area contributed by atoms with Crippen molar-refractivity contribution in [2.45, 2.75) is 32.4 Å². The maximum absolute atomic E-state index is 3.57. The van der Waals surface area contributed by atoms with Crippen molar-refractivity contribution in [2.75, 3.05) is 0 Å². The molecule has 1 atom stereocenters. The number of rotatable bonds is 4. The monoisotopic (exact) mass is 253 g/mol. The summed E-state index contributed by atoms with van der Waals surface area (Å²) in [6.07, 6.45) is 2.81. The Labute approximate surface area is 94.0 Å². The van der Waals surface area contributed by atoms with Gasteiger partial charge in [-0.15, -0.1) is 0 Å². The lowest BCUT2D eigenvalue weighted by Crippen LogP contribution is -2.27. The van der Waals surface area contributed by atoms with Crippen LogP contribution in [-0.4, -0.2) is 6.04 Å². The molecule has 0 spiro atoms. The average Bonchev–Trinajstić information content (AvgIpc) is 2.99. The van der Waals surface area contributed by atoms with E-state index in [-0.39, 0.29) is 0 Å². The second kappa shape index (κ2) is 4.45. The molecule has 0 aromatic heterocycles. The quantitative estimate of drug-likeness (QED) is 0.868. The smallest absolute Gasteiger partial charge is 0.0220 e. The molecule has 1 aliphatic carbocycles. The predicted octanol–water partition coefficient (Wildman–Crippen LogP) is 3.34. The van der Waals surface area contributed by atoms with Crippen LogP contribution in [0.3, 0.4) is 0 Å². The fourth-order valence-corrected chi connectivity index (χ4v) is 2.10. The molecule has 1 aliphatic rings. The Balaban J connectivity index is 1.87. The van der Waals surface area contributed by atoms with Gasteiger partial charge in [-0.05, 0) is 37.3 Å². The van der Waals surface area contributed by atoms with Gasteiger partial charge < -0.3 is 5.32 Å². The molecule has 0 amide bonds.